The minimum Gasteiger partial charge on any atom is -0.399 e. The molecule has 0 spiro atoms. The molecule has 4 aliphatic heterocycles. The van der Waals surface area contributed by atoms with Gasteiger partial charge in [-0.15, -0.1) is 0 Å². The van der Waals surface area contributed by atoms with Crippen molar-refractivity contribution in [3.8, 4) is 112 Å². The highest BCUT2D eigenvalue weighted by Crippen LogP contribution is 2.44. The van der Waals surface area contributed by atoms with Gasteiger partial charge in [0.1, 0.15) is 24.2 Å². The fourth-order valence-electron chi connectivity index (χ4n) is 15.3. The summed E-state index contributed by atoms with van der Waals surface area (Å²) in [6, 6.07) is 92.9. The van der Waals surface area contributed by atoms with Crippen molar-refractivity contribution in [1.29, 1.82) is 0 Å². The van der Waals surface area contributed by atoms with E-state index in [9.17, 15) is 0 Å². The number of rotatable bonds is 8. The second-order valence-corrected chi connectivity index (χ2v) is 41.7. The van der Waals surface area contributed by atoms with Gasteiger partial charge < -0.3 is 9.31 Å². The minimum atomic E-state index is -2.10. The van der Waals surface area contributed by atoms with Crippen LogP contribution < -0.4 is 36.6 Å². The molecule has 0 N–H and O–H groups in total. The molecule has 1 saturated heterocycles. The monoisotopic (exact) mass is 1370 g/mol. The maximum absolute atomic E-state index is 6.50. The van der Waals surface area contributed by atoms with Crippen LogP contribution in [0.1, 0.15) is 29.1 Å². The minimum absolute atomic E-state index is 0. The standard InChI is InChI=1S/C49H39N3Si2.C26H29BO2Si.C9H5Cl2N3.H2/c1-53(2)41-26-16-14-24-37(41)43-39(30-28-35(45(43)53)32-18-8-5-9-19-32)48-50-47(34-22-12-7-13-23-34)51-49(52-48)40-31-29-36(33-20-10-6-11-21-33)46-44(40)38-25-15-17-27-42(38)54(46,3)4;1-25(2)26(3,4)29-27(28-25)21-17-16-19(18-12-8-7-9-13-18)24-23(21)20-14-10-11-15-22(20)30(24,5)6;10-8-12-7(13-9(11)14-8)6-4-2-1-3-5-6;/h5-31H,1-4H3;7-17H,1-6H3;1-5H;1H/i;;;1+1. The van der Waals surface area contributed by atoms with Crippen LogP contribution in [0.3, 0.4) is 0 Å². The molecule has 0 bridgehead atoms. The van der Waals surface area contributed by atoms with Crippen molar-refractivity contribution in [2.75, 3.05) is 0 Å². The smallest absolute Gasteiger partial charge is 0.399 e. The molecule has 13 aromatic rings. The van der Waals surface area contributed by atoms with Crippen LogP contribution in [0, 0.1) is 0 Å². The highest BCUT2D eigenvalue weighted by molar-refractivity contribution is 7.06. The summed E-state index contributed by atoms with van der Waals surface area (Å²) in [6.07, 6.45) is 0. The summed E-state index contributed by atoms with van der Waals surface area (Å²) < 4.78 is 13.0. The molecule has 0 saturated carbocycles. The lowest BCUT2D eigenvalue weighted by molar-refractivity contribution is 0.00578. The number of halogens is 2. The molecular weight excluding hydrogens is 1290 g/mol. The van der Waals surface area contributed by atoms with E-state index < -0.39 is 24.2 Å². The molecule has 0 atom stereocenters. The van der Waals surface area contributed by atoms with E-state index in [0.29, 0.717) is 23.3 Å². The second kappa shape index (κ2) is 25.2. The molecule has 8 nitrogen and oxygen atoms in total. The summed E-state index contributed by atoms with van der Waals surface area (Å²) in [5.41, 5.74) is 20.0. The third-order valence-electron chi connectivity index (χ3n) is 20.7. The third-order valence-corrected chi connectivity index (χ3v) is 31.7. The first-order valence-corrected chi connectivity index (χ1v) is 43.3. The van der Waals surface area contributed by atoms with Crippen molar-refractivity contribution >= 4 is 91.1 Å². The summed E-state index contributed by atoms with van der Waals surface area (Å²) in [6.45, 7) is 23.4. The van der Waals surface area contributed by atoms with Gasteiger partial charge >= 0.3 is 7.12 Å². The number of hydrogen-bond acceptors (Lipinski definition) is 8. The summed E-state index contributed by atoms with van der Waals surface area (Å²) in [5.74, 6) is 2.58. The number of fused-ring (bicyclic) bond motifs is 9. The summed E-state index contributed by atoms with van der Waals surface area (Å²) in [4.78, 5) is 27.8. The van der Waals surface area contributed by atoms with E-state index in [1.165, 1.54) is 97.9 Å². The van der Waals surface area contributed by atoms with Crippen LogP contribution in [0.5, 0.6) is 0 Å². The topological polar surface area (TPSA) is 95.8 Å². The Morgan fingerprint density at radius 3 is 0.929 bits per heavy atom. The van der Waals surface area contributed by atoms with E-state index in [1.807, 2.05) is 36.4 Å². The Hall–Kier alpha value is -9.34. The second-order valence-electron chi connectivity index (χ2n) is 28.2. The zero-order valence-corrected chi connectivity index (χ0v) is 61.2. The average molecular weight is 1370 g/mol. The molecular formula is C84H75BCl2N6O2Si3. The van der Waals surface area contributed by atoms with Crippen molar-refractivity contribution in [2.45, 2.75) is 78.2 Å². The summed E-state index contributed by atoms with van der Waals surface area (Å²) in [7, 11) is -6.44. The Labute approximate surface area is 589 Å². The summed E-state index contributed by atoms with van der Waals surface area (Å²) in [5, 5.41) is 9.02. The molecule has 98 heavy (non-hydrogen) atoms. The Bertz CT molecular complexity index is 5040. The normalized spacial score (nSPS) is 15.4. The van der Waals surface area contributed by atoms with Gasteiger partial charge in [-0.3, -0.25) is 0 Å². The average Bonchev–Trinajstić information content (AvgIpc) is 1.57. The fraction of sp³-hybridized carbons (Fsp3) is 0.143. The van der Waals surface area contributed by atoms with Gasteiger partial charge in [0.2, 0.25) is 10.6 Å². The van der Waals surface area contributed by atoms with Gasteiger partial charge in [0.15, 0.2) is 23.3 Å². The number of hydrogen-bond donors (Lipinski definition) is 0. The molecule has 0 radical (unpaired) electrons. The van der Waals surface area contributed by atoms with Crippen LogP contribution >= 0.6 is 23.2 Å². The Balaban J connectivity index is 0.000000155. The van der Waals surface area contributed by atoms with E-state index in [1.54, 1.807) is 0 Å². The quantitative estimate of drug-likeness (QED) is 0.139. The predicted octanol–water partition coefficient (Wildman–Crippen LogP) is 17.4. The van der Waals surface area contributed by atoms with Gasteiger partial charge in [0.25, 0.3) is 0 Å². The highest BCUT2D eigenvalue weighted by Gasteiger charge is 2.54. The number of aromatic nitrogens is 6. The first-order valence-electron chi connectivity index (χ1n) is 33.5. The fourth-order valence-corrected chi connectivity index (χ4v) is 26.0. The van der Waals surface area contributed by atoms with Crippen LogP contribution in [-0.2, 0) is 9.31 Å². The molecule has 2 aromatic heterocycles. The predicted molar refractivity (Wildman–Crippen MR) is 419 cm³/mol. The Morgan fingerprint density at radius 2 is 0.561 bits per heavy atom. The zero-order chi connectivity index (χ0) is 67.9. The van der Waals surface area contributed by atoms with Gasteiger partial charge in [-0.05, 0) is 166 Å². The molecule has 1 fully saturated rings. The van der Waals surface area contributed by atoms with Crippen LogP contribution in [0.25, 0.3) is 112 Å². The first kappa shape index (κ1) is 64.6. The molecule has 0 amide bonds. The van der Waals surface area contributed by atoms with E-state index in [0.717, 1.165) is 27.7 Å². The number of benzene rings is 11. The maximum atomic E-state index is 6.50. The summed E-state index contributed by atoms with van der Waals surface area (Å²) >= 11 is 11.3. The molecule has 0 unspecified atom stereocenters. The third kappa shape index (κ3) is 11.3. The molecule has 6 heterocycles. The van der Waals surface area contributed by atoms with Crippen molar-refractivity contribution < 1.29 is 10.7 Å². The molecule has 482 valence electrons. The molecule has 4 aliphatic rings. The van der Waals surface area contributed by atoms with E-state index in [-0.39, 0.29) is 30.3 Å². The van der Waals surface area contributed by atoms with Crippen molar-refractivity contribution in [2.24, 2.45) is 0 Å². The lowest BCUT2D eigenvalue weighted by atomic mass is 9.73. The van der Waals surface area contributed by atoms with E-state index in [4.69, 9.17) is 47.5 Å². The van der Waals surface area contributed by atoms with Crippen LogP contribution in [0.2, 0.25) is 49.8 Å². The lowest BCUT2D eigenvalue weighted by Gasteiger charge is -2.32. The van der Waals surface area contributed by atoms with Gasteiger partial charge in [0.05, 0.1) is 11.2 Å². The Kier molecular flexibility index (Phi) is 16.6. The van der Waals surface area contributed by atoms with Crippen LogP contribution in [-0.4, -0.2) is 72.4 Å². The van der Waals surface area contributed by atoms with Gasteiger partial charge in [0, 0.05) is 23.7 Å². The highest BCUT2D eigenvalue weighted by atomic mass is 35.5. The molecule has 17 rings (SSSR count). The largest absolute Gasteiger partial charge is 0.495 e. The van der Waals surface area contributed by atoms with Crippen molar-refractivity contribution in [3.05, 3.63) is 271 Å². The van der Waals surface area contributed by atoms with Crippen LogP contribution in [0.15, 0.2) is 261 Å². The van der Waals surface area contributed by atoms with Crippen molar-refractivity contribution in [3.63, 3.8) is 0 Å². The maximum Gasteiger partial charge on any atom is 0.495 e. The Morgan fingerprint density at radius 1 is 0.286 bits per heavy atom. The van der Waals surface area contributed by atoms with Gasteiger partial charge in [-0.25, -0.2) is 15.0 Å². The number of nitrogens with zero attached hydrogens (tertiary/aromatic N) is 6. The van der Waals surface area contributed by atoms with Gasteiger partial charge in [-0.2, -0.15) is 15.0 Å². The molecule has 11 aromatic carbocycles. The van der Waals surface area contributed by atoms with E-state index in [2.05, 4.69) is 306 Å². The zero-order valence-electron chi connectivity index (χ0n) is 56.7. The van der Waals surface area contributed by atoms with Gasteiger partial charge in [-0.1, -0.05) is 288 Å². The molecule has 0 aliphatic carbocycles. The lowest BCUT2D eigenvalue weighted by Crippen LogP contribution is -2.51. The van der Waals surface area contributed by atoms with E-state index >= 15 is 0 Å². The SMILES string of the molecule is CC1(C)OB(c2ccc(-c3ccccc3)c3c2-c2ccccc2[Si]3(C)C)OC1(C)C.C[Si]1(C)c2ccccc2-c2c(-c3nc(-c4ccccc4)nc(-c4ccc(-c5ccccc5)c5c4-c4ccccc4[Si]5(C)C)n3)ccc(-c3ccccc3)c21.Clc1nc(Cl)nc(-c2ccccc2)n1.[2HH]. The molecule has 14 heteroatoms. The van der Waals surface area contributed by atoms with Crippen LogP contribution in [0.4, 0.5) is 0 Å². The first-order chi connectivity index (χ1) is 47.2. The van der Waals surface area contributed by atoms with Crippen molar-refractivity contribution in [1.82, 2.24) is 29.9 Å².